The highest BCUT2D eigenvalue weighted by atomic mass is 16.2. The average molecular weight is 238 g/mol. The molecule has 0 saturated heterocycles. The molecule has 1 aliphatic rings. The number of fused-ring (bicyclic) bond motifs is 1. The van der Waals surface area contributed by atoms with E-state index in [-0.39, 0.29) is 11.8 Å². The Morgan fingerprint density at radius 2 is 1.50 bits per heavy atom. The summed E-state index contributed by atoms with van der Waals surface area (Å²) >= 11 is 0. The maximum Gasteiger partial charge on any atom is 0.259 e. The van der Waals surface area contributed by atoms with E-state index in [0.29, 0.717) is 11.1 Å². The third-order valence-electron chi connectivity index (χ3n) is 2.80. The van der Waals surface area contributed by atoms with Crippen molar-refractivity contribution in [1.82, 2.24) is 5.32 Å². The monoisotopic (exact) mass is 238 g/mol. The summed E-state index contributed by atoms with van der Waals surface area (Å²) in [5, 5.41) is 5.45. The van der Waals surface area contributed by atoms with E-state index in [1.165, 1.54) is 0 Å². The number of nitrogens with one attached hydrogen (secondary N) is 2. The number of carbonyl (C=O) groups excluding carboxylic acids is 2. The molecule has 0 fully saturated rings. The largest absolute Gasteiger partial charge is 0.356 e. The summed E-state index contributed by atoms with van der Waals surface area (Å²) < 4.78 is 0. The van der Waals surface area contributed by atoms with Gasteiger partial charge in [0, 0.05) is 11.4 Å². The van der Waals surface area contributed by atoms with E-state index in [1.807, 2.05) is 30.3 Å². The Morgan fingerprint density at radius 3 is 2.28 bits per heavy atom. The van der Waals surface area contributed by atoms with Gasteiger partial charge < -0.3 is 5.32 Å². The van der Waals surface area contributed by atoms with Crippen molar-refractivity contribution in [2.45, 2.75) is 0 Å². The van der Waals surface area contributed by atoms with Crippen LogP contribution >= 0.6 is 0 Å². The minimum Gasteiger partial charge on any atom is -0.356 e. The Kier molecular flexibility index (Phi) is 2.34. The van der Waals surface area contributed by atoms with E-state index in [2.05, 4.69) is 10.6 Å². The minimum atomic E-state index is -0.341. The normalized spacial score (nSPS) is 13.1. The molecule has 0 aliphatic carbocycles. The summed E-state index contributed by atoms with van der Waals surface area (Å²) in [5.74, 6) is -0.673. The van der Waals surface area contributed by atoms with Gasteiger partial charge in [0.25, 0.3) is 11.8 Å². The fourth-order valence-electron chi connectivity index (χ4n) is 1.93. The Labute approximate surface area is 104 Å². The molecule has 1 aliphatic heterocycles. The van der Waals surface area contributed by atoms with Crippen molar-refractivity contribution in [2.24, 2.45) is 0 Å². The smallest absolute Gasteiger partial charge is 0.259 e. The Balaban J connectivity index is 1.94. The second-order valence-electron chi connectivity index (χ2n) is 4.03. The molecule has 0 aromatic heterocycles. The van der Waals surface area contributed by atoms with E-state index in [4.69, 9.17) is 0 Å². The predicted molar refractivity (Wildman–Crippen MR) is 68.0 cm³/mol. The molecule has 4 nitrogen and oxygen atoms in total. The van der Waals surface area contributed by atoms with Gasteiger partial charge in [-0.25, -0.2) is 0 Å². The van der Waals surface area contributed by atoms with Crippen molar-refractivity contribution >= 4 is 23.2 Å². The Hall–Kier alpha value is -2.62. The fraction of sp³-hybridized carbons (Fsp3) is 0. The van der Waals surface area contributed by atoms with Crippen molar-refractivity contribution in [2.75, 3.05) is 5.32 Å². The van der Waals surface area contributed by atoms with Gasteiger partial charge in [0.05, 0.1) is 11.1 Å². The van der Waals surface area contributed by atoms with Gasteiger partial charge in [-0.2, -0.15) is 0 Å². The first-order valence-corrected chi connectivity index (χ1v) is 5.56. The highest BCUT2D eigenvalue weighted by molar-refractivity contribution is 6.21. The third-order valence-corrected chi connectivity index (χ3v) is 2.80. The number of carbonyl (C=O) groups is 2. The van der Waals surface area contributed by atoms with Crippen molar-refractivity contribution in [1.29, 1.82) is 0 Å². The Bertz CT molecular complexity index is 635. The van der Waals surface area contributed by atoms with Gasteiger partial charge in [0.15, 0.2) is 0 Å². The molecule has 4 heteroatoms. The molecule has 0 spiro atoms. The minimum absolute atomic E-state index is 0.332. The molecule has 88 valence electrons. The van der Waals surface area contributed by atoms with E-state index >= 15 is 0 Å². The van der Waals surface area contributed by atoms with Gasteiger partial charge in [0.1, 0.15) is 0 Å². The summed E-state index contributed by atoms with van der Waals surface area (Å²) in [6, 6.07) is 14.8. The van der Waals surface area contributed by atoms with Crippen LogP contribution in [0, 0.1) is 0 Å². The van der Waals surface area contributed by atoms with Crippen LogP contribution in [0.25, 0.3) is 0 Å². The van der Waals surface area contributed by atoms with Crippen LogP contribution in [0.1, 0.15) is 20.7 Å². The molecule has 0 radical (unpaired) electrons. The molecule has 0 saturated carbocycles. The summed E-state index contributed by atoms with van der Waals surface area (Å²) in [4.78, 5) is 22.9. The van der Waals surface area contributed by atoms with Crippen LogP contribution in [0.2, 0.25) is 0 Å². The quantitative estimate of drug-likeness (QED) is 0.789. The van der Waals surface area contributed by atoms with Crippen molar-refractivity contribution < 1.29 is 9.59 Å². The van der Waals surface area contributed by atoms with Gasteiger partial charge in [0.2, 0.25) is 0 Å². The van der Waals surface area contributed by atoms with Crippen molar-refractivity contribution in [3.05, 3.63) is 59.7 Å². The summed E-state index contributed by atoms with van der Waals surface area (Å²) in [6.07, 6.45) is 0. The van der Waals surface area contributed by atoms with E-state index in [1.54, 1.807) is 18.2 Å². The lowest BCUT2D eigenvalue weighted by Crippen LogP contribution is -2.19. The average Bonchev–Trinajstić information content (AvgIpc) is 2.66. The highest BCUT2D eigenvalue weighted by Crippen LogP contribution is 2.22. The molecule has 2 amide bonds. The zero-order valence-corrected chi connectivity index (χ0v) is 9.44. The number of hydrogen-bond donors (Lipinski definition) is 2. The number of para-hydroxylation sites is 1. The van der Waals surface area contributed by atoms with Crippen LogP contribution in [0.4, 0.5) is 11.4 Å². The molecule has 2 aromatic carbocycles. The van der Waals surface area contributed by atoms with Crippen molar-refractivity contribution in [3.63, 3.8) is 0 Å². The number of amides is 2. The number of hydrogen-bond acceptors (Lipinski definition) is 3. The molecule has 0 atom stereocenters. The van der Waals surface area contributed by atoms with Crippen LogP contribution in [0.15, 0.2) is 48.5 Å². The predicted octanol–water partition coefficient (Wildman–Crippen LogP) is 2.31. The molecular formula is C14H10N2O2. The molecule has 2 aromatic rings. The highest BCUT2D eigenvalue weighted by Gasteiger charge is 2.26. The zero-order valence-electron chi connectivity index (χ0n) is 9.44. The van der Waals surface area contributed by atoms with E-state index < -0.39 is 0 Å². The second-order valence-corrected chi connectivity index (χ2v) is 4.03. The maximum atomic E-state index is 11.5. The number of imide groups is 1. The first kappa shape index (κ1) is 10.5. The maximum absolute atomic E-state index is 11.5. The molecular weight excluding hydrogens is 228 g/mol. The lowest BCUT2D eigenvalue weighted by Gasteiger charge is -2.06. The van der Waals surface area contributed by atoms with Gasteiger partial charge in [-0.15, -0.1) is 0 Å². The first-order valence-electron chi connectivity index (χ1n) is 5.56. The van der Waals surface area contributed by atoms with Gasteiger partial charge in [-0.05, 0) is 30.3 Å². The summed E-state index contributed by atoms with van der Waals surface area (Å²) in [7, 11) is 0. The topological polar surface area (TPSA) is 58.2 Å². The summed E-state index contributed by atoms with van der Waals surface area (Å²) in [5.41, 5.74) is 2.56. The van der Waals surface area contributed by atoms with E-state index in [9.17, 15) is 9.59 Å². The first-order chi connectivity index (χ1) is 8.74. The van der Waals surface area contributed by atoms with Crippen molar-refractivity contribution in [3.8, 4) is 0 Å². The second kappa shape index (κ2) is 4.00. The van der Waals surface area contributed by atoms with Gasteiger partial charge in [-0.3, -0.25) is 14.9 Å². The SMILES string of the molecule is O=C1NC(=O)c2cc(Nc3ccccc3)ccc21. The fourth-order valence-corrected chi connectivity index (χ4v) is 1.93. The lowest BCUT2D eigenvalue weighted by molar-refractivity contribution is 0.0879. The third kappa shape index (κ3) is 1.73. The van der Waals surface area contributed by atoms with Crippen LogP contribution in [-0.4, -0.2) is 11.8 Å². The lowest BCUT2D eigenvalue weighted by atomic mass is 10.1. The van der Waals surface area contributed by atoms with E-state index in [0.717, 1.165) is 11.4 Å². The standard InChI is InChI=1S/C14H10N2O2/c17-13-11-7-6-10(8-12(11)14(18)16-13)15-9-4-2-1-3-5-9/h1-8,15H,(H,16,17,18). The molecule has 0 bridgehead atoms. The number of benzene rings is 2. The molecule has 1 heterocycles. The zero-order chi connectivity index (χ0) is 12.5. The Morgan fingerprint density at radius 1 is 0.778 bits per heavy atom. The van der Waals surface area contributed by atoms with Gasteiger partial charge >= 0.3 is 0 Å². The van der Waals surface area contributed by atoms with Crippen LogP contribution in [0.3, 0.4) is 0 Å². The van der Waals surface area contributed by atoms with Crippen LogP contribution < -0.4 is 10.6 Å². The number of anilines is 2. The summed E-state index contributed by atoms with van der Waals surface area (Å²) in [6.45, 7) is 0. The molecule has 18 heavy (non-hydrogen) atoms. The molecule has 0 unspecified atom stereocenters. The molecule has 3 rings (SSSR count). The molecule has 2 N–H and O–H groups in total. The van der Waals surface area contributed by atoms with Crippen LogP contribution in [0.5, 0.6) is 0 Å². The van der Waals surface area contributed by atoms with Gasteiger partial charge in [-0.1, -0.05) is 18.2 Å². The van der Waals surface area contributed by atoms with Crippen LogP contribution in [-0.2, 0) is 0 Å². The number of rotatable bonds is 2.